The fourth-order valence-electron chi connectivity index (χ4n) is 2.15. The number of carbonyl (C=O) groups is 2. The van der Waals surface area contributed by atoms with Crippen LogP contribution in [0.5, 0.6) is 0 Å². The van der Waals surface area contributed by atoms with E-state index in [1.165, 1.54) is 10.9 Å². The Morgan fingerprint density at radius 3 is 3.00 bits per heavy atom. The number of hydrogen-bond acceptors (Lipinski definition) is 5. The molecule has 0 aromatic carbocycles. The van der Waals surface area contributed by atoms with Crippen molar-refractivity contribution in [1.29, 1.82) is 0 Å². The number of nitrogens with zero attached hydrogens (tertiary/aromatic N) is 3. The molecule has 0 radical (unpaired) electrons. The van der Waals surface area contributed by atoms with Gasteiger partial charge in [0, 0.05) is 12.6 Å². The molecule has 1 amide bonds. The lowest BCUT2D eigenvalue weighted by Crippen LogP contribution is -2.38. The second kappa shape index (κ2) is 5.79. The van der Waals surface area contributed by atoms with Gasteiger partial charge in [-0.15, -0.1) is 5.10 Å². The van der Waals surface area contributed by atoms with Gasteiger partial charge in [-0.2, -0.15) is 0 Å². The van der Waals surface area contributed by atoms with Crippen LogP contribution in [0.1, 0.15) is 23.8 Å². The molecule has 0 saturated carbocycles. The van der Waals surface area contributed by atoms with Crippen LogP contribution in [0.3, 0.4) is 0 Å². The van der Waals surface area contributed by atoms with Gasteiger partial charge in [-0.25, -0.2) is 9.48 Å². The highest BCUT2D eigenvalue weighted by Gasteiger charge is 2.28. The van der Waals surface area contributed by atoms with Crippen molar-refractivity contribution in [3.63, 3.8) is 0 Å². The van der Waals surface area contributed by atoms with Gasteiger partial charge in [-0.05, 0) is 19.9 Å². The molecule has 0 spiro atoms. The Bertz CT molecular complexity index is 473. The van der Waals surface area contributed by atoms with Gasteiger partial charge in [0.25, 0.3) is 0 Å². The molecule has 8 nitrogen and oxygen atoms in total. The summed E-state index contributed by atoms with van der Waals surface area (Å²) in [5, 5.41) is 21.9. The zero-order valence-corrected chi connectivity index (χ0v) is 10.7. The number of aromatic carboxylic acids is 1. The van der Waals surface area contributed by atoms with Crippen molar-refractivity contribution < 1.29 is 14.7 Å². The quantitative estimate of drug-likeness (QED) is 0.637. The van der Waals surface area contributed by atoms with E-state index in [4.69, 9.17) is 5.11 Å². The number of carboxylic acids is 1. The molecule has 3 N–H and O–H groups in total. The number of hydrogen-bond donors (Lipinski definition) is 3. The van der Waals surface area contributed by atoms with E-state index >= 15 is 0 Å². The minimum absolute atomic E-state index is 0.00493. The van der Waals surface area contributed by atoms with Crippen LogP contribution in [0.25, 0.3) is 0 Å². The molecule has 1 saturated heterocycles. The first-order valence-corrected chi connectivity index (χ1v) is 6.22. The maximum absolute atomic E-state index is 11.9. The van der Waals surface area contributed by atoms with Gasteiger partial charge >= 0.3 is 5.97 Å². The van der Waals surface area contributed by atoms with E-state index in [0.717, 1.165) is 13.0 Å². The summed E-state index contributed by atoms with van der Waals surface area (Å²) in [6.07, 6.45) is 2.19. The number of amides is 1. The van der Waals surface area contributed by atoms with Crippen LogP contribution in [0, 0.1) is 5.92 Å². The third kappa shape index (κ3) is 3.28. The first-order valence-electron chi connectivity index (χ1n) is 6.22. The summed E-state index contributed by atoms with van der Waals surface area (Å²) in [5.74, 6) is -1.08. The van der Waals surface area contributed by atoms with Gasteiger partial charge in [-0.1, -0.05) is 5.21 Å². The third-order valence-electron chi connectivity index (χ3n) is 3.26. The van der Waals surface area contributed by atoms with Gasteiger partial charge < -0.3 is 15.7 Å². The van der Waals surface area contributed by atoms with Crippen LogP contribution in [0.2, 0.25) is 0 Å². The molecule has 2 unspecified atom stereocenters. The van der Waals surface area contributed by atoms with E-state index < -0.39 is 5.97 Å². The summed E-state index contributed by atoms with van der Waals surface area (Å²) in [7, 11) is 0. The van der Waals surface area contributed by atoms with Crippen molar-refractivity contribution in [3.8, 4) is 0 Å². The van der Waals surface area contributed by atoms with Gasteiger partial charge in [0.05, 0.1) is 18.7 Å². The van der Waals surface area contributed by atoms with Crippen molar-refractivity contribution in [2.45, 2.75) is 25.9 Å². The molecule has 8 heteroatoms. The normalized spacial score (nSPS) is 22.4. The maximum Gasteiger partial charge on any atom is 0.358 e. The lowest BCUT2D eigenvalue weighted by Gasteiger charge is -2.14. The monoisotopic (exact) mass is 267 g/mol. The van der Waals surface area contributed by atoms with Crippen molar-refractivity contribution >= 4 is 11.9 Å². The van der Waals surface area contributed by atoms with Crippen LogP contribution in [-0.2, 0) is 11.3 Å². The van der Waals surface area contributed by atoms with E-state index in [-0.39, 0.29) is 23.6 Å². The number of carbonyl (C=O) groups excluding carboxylic acids is 1. The fourth-order valence-corrected chi connectivity index (χ4v) is 2.15. The zero-order chi connectivity index (χ0) is 13.8. The van der Waals surface area contributed by atoms with Crippen LogP contribution in [0.4, 0.5) is 0 Å². The average molecular weight is 267 g/mol. The van der Waals surface area contributed by atoms with Crippen molar-refractivity contribution in [2.24, 2.45) is 5.92 Å². The van der Waals surface area contributed by atoms with E-state index in [9.17, 15) is 9.59 Å². The van der Waals surface area contributed by atoms with Crippen molar-refractivity contribution in [2.75, 3.05) is 13.1 Å². The summed E-state index contributed by atoms with van der Waals surface area (Å²) < 4.78 is 1.40. The van der Waals surface area contributed by atoms with Gasteiger partial charge in [0.1, 0.15) is 0 Å². The van der Waals surface area contributed by atoms with E-state index in [2.05, 4.69) is 20.9 Å². The van der Waals surface area contributed by atoms with Crippen molar-refractivity contribution in [1.82, 2.24) is 25.6 Å². The molecule has 1 fully saturated rings. The second-order valence-electron chi connectivity index (χ2n) is 4.60. The lowest BCUT2D eigenvalue weighted by atomic mass is 10.0. The third-order valence-corrected chi connectivity index (χ3v) is 3.26. The topological polar surface area (TPSA) is 109 Å². The smallest absolute Gasteiger partial charge is 0.358 e. The Kier molecular flexibility index (Phi) is 4.10. The minimum Gasteiger partial charge on any atom is -0.476 e. The zero-order valence-electron chi connectivity index (χ0n) is 10.7. The first kappa shape index (κ1) is 13.5. The Balaban J connectivity index is 1.76. The Morgan fingerprint density at radius 2 is 2.42 bits per heavy atom. The van der Waals surface area contributed by atoms with Crippen LogP contribution >= 0.6 is 0 Å². The predicted octanol–water partition coefficient (Wildman–Crippen LogP) is -0.909. The van der Waals surface area contributed by atoms with Crippen LogP contribution in [0.15, 0.2) is 6.20 Å². The van der Waals surface area contributed by atoms with Crippen molar-refractivity contribution in [3.05, 3.63) is 11.9 Å². The minimum atomic E-state index is -1.11. The largest absolute Gasteiger partial charge is 0.476 e. The maximum atomic E-state index is 11.9. The van der Waals surface area contributed by atoms with Crippen LogP contribution in [-0.4, -0.2) is 51.1 Å². The molecule has 2 atom stereocenters. The van der Waals surface area contributed by atoms with E-state index in [0.29, 0.717) is 13.1 Å². The summed E-state index contributed by atoms with van der Waals surface area (Å²) in [4.78, 5) is 22.5. The molecule has 1 aromatic heterocycles. The summed E-state index contributed by atoms with van der Waals surface area (Å²) >= 11 is 0. The highest BCUT2D eigenvalue weighted by molar-refractivity contribution is 5.84. The standard InChI is InChI=1S/C11H17N5O3/c1-7-8(2-3-12-7)10(17)13-4-5-16-6-9(11(18)19)14-15-16/h6-8,12H,2-5H2,1H3,(H,13,17)(H,18,19). The van der Waals surface area contributed by atoms with Gasteiger partial charge in [-0.3, -0.25) is 4.79 Å². The Morgan fingerprint density at radius 1 is 1.63 bits per heavy atom. The fraction of sp³-hybridized carbons (Fsp3) is 0.636. The van der Waals surface area contributed by atoms with E-state index in [1.807, 2.05) is 6.92 Å². The summed E-state index contributed by atoms with van der Waals surface area (Å²) in [5.41, 5.74) is -0.0973. The summed E-state index contributed by atoms with van der Waals surface area (Å²) in [6, 6.07) is 0.199. The lowest BCUT2D eigenvalue weighted by molar-refractivity contribution is -0.125. The second-order valence-corrected chi connectivity index (χ2v) is 4.60. The molecule has 1 aliphatic rings. The number of rotatable bonds is 5. The molecular weight excluding hydrogens is 250 g/mol. The molecule has 1 aromatic rings. The predicted molar refractivity (Wildman–Crippen MR) is 65.6 cm³/mol. The Hall–Kier alpha value is -1.96. The average Bonchev–Trinajstić information content (AvgIpc) is 2.97. The molecular formula is C11H17N5O3. The van der Waals surface area contributed by atoms with E-state index in [1.54, 1.807) is 0 Å². The van der Waals surface area contributed by atoms with Gasteiger partial charge in [0.2, 0.25) is 5.91 Å². The number of carboxylic acid groups (broad SMARTS) is 1. The molecule has 2 rings (SSSR count). The molecule has 104 valence electrons. The Labute approximate surface area is 110 Å². The highest BCUT2D eigenvalue weighted by atomic mass is 16.4. The summed E-state index contributed by atoms with van der Waals surface area (Å²) in [6.45, 7) is 3.67. The molecule has 2 heterocycles. The molecule has 0 bridgehead atoms. The molecule has 1 aliphatic heterocycles. The molecule has 19 heavy (non-hydrogen) atoms. The first-order chi connectivity index (χ1) is 9.08. The number of nitrogens with one attached hydrogen (secondary N) is 2. The SMILES string of the molecule is CC1NCCC1C(=O)NCCn1cc(C(=O)O)nn1. The van der Waals surface area contributed by atoms with Gasteiger partial charge in [0.15, 0.2) is 5.69 Å². The van der Waals surface area contributed by atoms with Crippen LogP contribution < -0.4 is 10.6 Å². The number of aromatic nitrogens is 3. The highest BCUT2D eigenvalue weighted by Crippen LogP contribution is 2.14. The molecule has 0 aliphatic carbocycles.